The number of rotatable bonds is 4. The molecule has 0 radical (unpaired) electrons. The molecule has 0 saturated heterocycles. The Morgan fingerprint density at radius 3 is 2.73 bits per heavy atom. The summed E-state index contributed by atoms with van der Waals surface area (Å²) in [6, 6.07) is 3.25. The second-order valence-corrected chi connectivity index (χ2v) is 2.86. The third-order valence-electron chi connectivity index (χ3n) is 1.63. The lowest BCUT2D eigenvalue weighted by Gasteiger charge is -2.08. The SMILES string of the molecule is COc1ccc(NC(=O)CCl)nc1OC. The van der Waals surface area contributed by atoms with Gasteiger partial charge in [0.15, 0.2) is 5.75 Å². The van der Waals surface area contributed by atoms with Crippen LogP contribution in [0, 0.1) is 0 Å². The number of ether oxygens (including phenoxy) is 2. The van der Waals surface area contributed by atoms with E-state index in [1.165, 1.54) is 14.2 Å². The zero-order chi connectivity index (χ0) is 11.3. The number of aromatic nitrogens is 1. The van der Waals surface area contributed by atoms with Gasteiger partial charge in [0.25, 0.3) is 5.88 Å². The van der Waals surface area contributed by atoms with E-state index in [1.54, 1.807) is 12.1 Å². The highest BCUT2D eigenvalue weighted by Crippen LogP contribution is 2.25. The molecule has 0 bridgehead atoms. The molecule has 0 saturated carbocycles. The lowest BCUT2D eigenvalue weighted by molar-refractivity contribution is -0.113. The topological polar surface area (TPSA) is 60.5 Å². The number of methoxy groups -OCH3 is 2. The first kappa shape index (κ1) is 11.6. The summed E-state index contributed by atoms with van der Waals surface area (Å²) in [5.74, 6) is 0.747. The average molecular weight is 231 g/mol. The molecule has 1 amide bonds. The van der Waals surface area contributed by atoms with Crippen molar-refractivity contribution in [3.8, 4) is 11.6 Å². The number of nitrogens with zero attached hydrogens (tertiary/aromatic N) is 1. The highest BCUT2D eigenvalue weighted by atomic mass is 35.5. The van der Waals surface area contributed by atoms with E-state index in [1.807, 2.05) is 0 Å². The van der Waals surface area contributed by atoms with Gasteiger partial charge in [-0.15, -0.1) is 11.6 Å². The molecule has 0 aliphatic rings. The van der Waals surface area contributed by atoms with Gasteiger partial charge < -0.3 is 14.8 Å². The number of amides is 1. The zero-order valence-electron chi connectivity index (χ0n) is 8.41. The smallest absolute Gasteiger partial charge is 0.258 e. The molecule has 15 heavy (non-hydrogen) atoms. The molecule has 5 nitrogen and oxygen atoms in total. The minimum Gasteiger partial charge on any atom is -0.491 e. The number of halogens is 1. The summed E-state index contributed by atoms with van der Waals surface area (Å²) in [6.07, 6.45) is 0. The molecule has 6 heteroatoms. The first-order chi connectivity index (χ1) is 7.21. The van der Waals surface area contributed by atoms with Gasteiger partial charge in [-0.05, 0) is 12.1 Å². The van der Waals surface area contributed by atoms with Crippen molar-refractivity contribution in [3.05, 3.63) is 12.1 Å². The maximum Gasteiger partial charge on any atom is 0.258 e. The molecule has 0 aliphatic carbocycles. The zero-order valence-corrected chi connectivity index (χ0v) is 9.17. The van der Waals surface area contributed by atoms with Crippen molar-refractivity contribution in [2.24, 2.45) is 0 Å². The van der Waals surface area contributed by atoms with Gasteiger partial charge in [-0.1, -0.05) is 0 Å². The van der Waals surface area contributed by atoms with E-state index < -0.39 is 0 Å². The second-order valence-electron chi connectivity index (χ2n) is 2.59. The van der Waals surface area contributed by atoms with E-state index in [9.17, 15) is 4.79 Å². The van der Waals surface area contributed by atoms with Crippen molar-refractivity contribution in [1.29, 1.82) is 0 Å². The molecule has 0 aliphatic heterocycles. The Bertz CT molecular complexity index is 357. The summed E-state index contributed by atoms with van der Waals surface area (Å²) in [4.78, 5) is 15.0. The Hall–Kier alpha value is -1.49. The van der Waals surface area contributed by atoms with Crippen molar-refractivity contribution < 1.29 is 14.3 Å². The first-order valence-electron chi connectivity index (χ1n) is 4.16. The fraction of sp³-hybridized carbons (Fsp3) is 0.333. The van der Waals surface area contributed by atoms with Gasteiger partial charge >= 0.3 is 0 Å². The van der Waals surface area contributed by atoms with Gasteiger partial charge in [-0.3, -0.25) is 4.79 Å². The largest absolute Gasteiger partial charge is 0.491 e. The van der Waals surface area contributed by atoms with Crippen LogP contribution in [0.4, 0.5) is 5.82 Å². The van der Waals surface area contributed by atoms with Crippen LogP contribution in [0.5, 0.6) is 11.6 Å². The van der Waals surface area contributed by atoms with E-state index in [2.05, 4.69) is 10.3 Å². The quantitative estimate of drug-likeness (QED) is 0.792. The van der Waals surface area contributed by atoms with Crippen LogP contribution in [0.15, 0.2) is 12.1 Å². The number of carbonyl (C=O) groups excluding carboxylic acids is 1. The second kappa shape index (κ2) is 5.41. The van der Waals surface area contributed by atoms with Crippen molar-refractivity contribution in [3.63, 3.8) is 0 Å². The normalized spacial score (nSPS) is 9.53. The van der Waals surface area contributed by atoms with Crippen LogP contribution in [0.3, 0.4) is 0 Å². The van der Waals surface area contributed by atoms with Crippen molar-refractivity contribution >= 4 is 23.3 Å². The monoisotopic (exact) mass is 230 g/mol. The Morgan fingerprint density at radius 2 is 2.20 bits per heavy atom. The van der Waals surface area contributed by atoms with Crippen LogP contribution in [0.2, 0.25) is 0 Å². The van der Waals surface area contributed by atoms with E-state index in [4.69, 9.17) is 21.1 Å². The molecule has 1 heterocycles. The van der Waals surface area contributed by atoms with Crippen LogP contribution in [-0.4, -0.2) is 31.0 Å². The molecule has 82 valence electrons. The number of carbonyl (C=O) groups is 1. The van der Waals surface area contributed by atoms with Crippen molar-refractivity contribution in [2.75, 3.05) is 25.4 Å². The van der Waals surface area contributed by atoms with Crippen LogP contribution >= 0.6 is 11.6 Å². The summed E-state index contributed by atoms with van der Waals surface area (Å²) in [5.41, 5.74) is 0. The molecular formula is C9H11ClN2O3. The Morgan fingerprint density at radius 1 is 1.47 bits per heavy atom. The molecule has 0 unspecified atom stereocenters. The maximum absolute atomic E-state index is 11.0. The number of hydrogen-bond acceptors (Lipinski definition) is 4. The summed E-state index contributed by atoms with van der Waals surface area (Å²) in [5, 5.41) is 2.50. The van der Waals surface area contributed by atoms with Gasteiger partial charge in [0.2, 0.25) is 5.91 Å². The van der Waals surface area contributed by atoms with Gasteiger partial charge in [-0.2, -0.15) is 4.98 Å². The van der Waals surface area contributed by atoms with E-state index in [0.29, 0.717) is 17.4 Å². The Balaban J connectivity index is 2.88. The summed E-state index contributed by atoms with van der Waals surface area (Å²) < 4.78 is 9.97. The molecule has 0 aromatic carbocycles. The number of alkyl halides is 1. The third-order valence-corrected chi connectivity index (χ3v) is 1.87. The molecule has 1 rings (SSSR count). The minimum atomic E-state index is -0.323. The van der Waals surface area contributed by atoms with Crippen LogP contribution in [0.25, 0.3) is 0 Å². The van der Waals surface area contributed by atoms with Gasteiger partial charge in [0, 0.05) is 0 Å². The lowest BCUT2D eigenvalue weighted by Crippen LogP contribution is -2.13. The maximum atomic E-state index is 11.0. The number of anilines is 1. The predicted octanol–water partition coefficient (Wildman–Crippen LogP) is 1.28. The van der Waals surface area contributed by atoms with Crippen LogP contribution in [0.1, 0.15) is 0 Å². The van der Waals surface area contributed by atoms with Gasteiger partial charge in [0.05, 0.1) is 14.2 Å². The summed E-state index contributed by atoms with van der Waals surface area (Å²) >= 11 is 5.34. The van der Waals surface area contributed by atoms with E-state index in [-0.39, 0.29) is 11.8 Å². The Kier molecular flexibility index (Phi) is 4.17. The Labute approximate surface area is 92.4 Å². The molecule has 0 fully saturated rings. The fourth-order valence-electron chi connectivity index (χ4n) is 0.975. The highest BCUT2D eigenvalue weighted by molar-refractivity contribution is 6.28. The predicted molar refractivity (Wildman–Crippen MR) is 56.7 cm³/mol. The molecule has 1 aromatic heterocycles. The van der Waals surface area contributed by atoms with E-state index >= 15 is 0 Å². The van der Waals surface area contributed by atoms with Crippen molar-refractivity contribution in [1.82, 2.24) is 4.98 Å². The minimum absolute atomic E-state index is 0.115. The molecule has 0 spiro atoms. The van der Waals surface area contributed by atoms with Crippen LogP contribution in [-0.2, 0) is 4.79 Å². The summed E-state index contributed by atoms with van der Waals surface area (Å²) in [6.45, 7) is 0. The van der Waals surface area contributed by atoms with Crippen molar-refractivity contribution in [2.45, 2.75) is 0 Å². The van der Waals surface area contributed by atoms with Gasteiger partial charge in [0.1, 0.15) is 11.7 Å². The highest BCUT2D eigenvalue weighted by Gasteiger charge is 2.07. The van der Waals surface area contributed by atoms with E-state index in [0.717, 1.165) is 0 Å². The molecule has 1 N–H and O–H groups in total. The molecular weight excluding hydrogens is 220 g/mol. The third kappa shape index (κ3) is 2.99. The number of pyridine rings is 1. The van der Waals surface area contributed by atoms with Crippen LogP contribution < -0.4 is 14.8 Å². The number of hydrogen-bond donors (Lipinski definition) is 1. The molecule has 0 atom stereocenters. The average Bonchev–Trinajstić information content (AvgIpc) is 2.28. The summed E-state index contributed by atoms with van der Waals surface area (Å²) in [7, 11) is 2.98. The first-order valence-corrected chi connectivity index (χ1v) is 4.69. The van der Waals surface area contributed by atoms with Gasteiger partial charge in [-0.25, -0.2) is 0 Å². The standard InChI is InChI=1S/C9H11ClN2O3/c1-14-6-3-4-7(11-8(13)5-10)12-9(6)15-2/h3-4H,5H2,1-2H3,(H,11,12,13). The number of nitrogens with one attached hydrogen (secondary N) is 1. The molecule has 1 aromatic rings. The fourth-order valence-corrected chi connectivity index (χ4v) is 1.04. The lowest BCUT2D eigenvalue weighted by atomic mass is 10.4.